The second-order valence-corrected chi connectivity index (χ2v) is 7.17. The van der Waals surface area contributed by atoms with Gasteiger partial charge in [0.15, 0.2) is 0 Å². The van der Waals surface area contributed by atoms with Gasteiger partial charge in [-0.15, -0.1) is 11.3 Å². The van der Waals surface area contributed by atoms with E-state index in [4.69, 9.17) is 0 Å². The second-order valence-electron chi connectivity index (χ2n) is 6.20. The predicted molar refractivity (Wildman–Crippen MR) is 97.2 cm³/mol. The Morgan fingerprint density at radius 3 is 2.88 bits per heavy atom. The molecule has 0 unspecified atom stereocenters. The Bertz CT molecular complexity index is 807. The number of benzene rings is 1. The van der Waals surface area contributed by atoms with Crippen LogP contribution in [-0.4, -0.2) is 18.4 Å². The quantitative estimate of drug-likeness (QED) is 0.864. The summed E-state index contributed by atoms with van der Waals surface area (Å²) >= 11 is 1.59. The van der Waals surface area contributed by atoms with E-state index in [1.807, 2.05) is 40.6 Å². The zero-order chi connectivity index (χ0) is 16.5. The number of hydrogen-bond acceptors (Lipinski definition) is 3. The molecule has 1 saturated carbocycles. The summed E-state index contributed by atoms with van der Waals surface area (Å²) in [5.74, 6) is 0.277. The highest BCUT2D eigenvalue weighted by atomic mass is 32.1. The molecule has 2 heterocycles. The van der Waals surface area contributed by atoms with Crippen LogP contribution >= 0.6 is 11.3 Å². The lowest BCUT2D eigenvalue weighted by atomic mass is 10.1. The van der Waals surface area contributed by atoms with E-state index < -0.39 is 0 Å². The summed E-state index contributed by atoms with van der Waals surface area (Å²) in [5, 5.41) is 4.86. The number of thiophene rings is 1. The standard InChI is InChI=1S/C19H18N2O2S/c22-18(8-7-16-2-1-11-24-16)20-15-6-5-13-9-10-21(17(13)12-15)19(23)14-3-4-14/h1-2,5-8,11-12,14H,3-4,9-10H2,(H,20,22)/b8-7+. The number of amides is 2. The lowest BCUT2D eigenvalue weighted by molar-refractivity contribution is -0.119. The Hall–Kier alpha value is -2.40. The van der Waals surface area contributed by atoms with Crippen LogP contribution < -0.4 is 10.2 Å². The zero-order valence-corrected chi connectivity index (χ0v) is 14.0. The van der Waals surface area contributed by atoms with E-state index in [0.29, 0.717) is 0 Å². The van der Waals surface area contributed by atoms with Gasteiger partial charge in [0.25, 0.3) is 0 Å². The van der Waals surface area contributed by atoms with Crippen LogP contribution in [0.5, 0.6) is 0 Å². The van der Waals surface area contributed by atoms with E-state index in [-0.39, 0.29) is 17.7 Å². The van der Waals surface area contributed by atoms with Crippen molar-refractivity contribution in [3.05, 3.63) is 52.2 Å². The molecule has 0 spiro atoms. The van der Waals surface area contributed by atoms with Gasteiger partial charge in [-0.05, 0) is 54.5 Å². The molecule has 0 saturated heterocycles. The van der Waals surface area contributed by atoms with Gasteiger partial charge in [-0.3, -0.25) is 9.59 Å². The maximum Gasteiger partial charge on any atom is 0.248 e. The summed E-state index contributed by atoms with van der Waals surface area (Å²) in [6.45, 7) is 0.750. The number of anilines is 2. The summed E-state index contributed by atoms with van der Waals surface area (Å²) in [7, 11) is 0. The predicted octanol–water partition coefficient (Wildman–Crippen LogP) is 3.70. The van der Waals surface area contributed by atoms with Crippen molar-refractivity contribution < 1.29 is 9.59 Å². The first-order valence-electron chi connectivity index (χ1n) is 8.17. The number of carbonyl (C=O) groups is 2. The average molecular weight is 338 g/mol. The zero-order valence-electron chi connectivity index (χ0n) is 13.2. The molecule has 1 aliphatic heterocycles. The van der Waals surface area contributed by atoms with Crippen LogP contribution in [0.2, 0.25) is 0 Å². The van der Waals surface area contributed by atoms with Gasteiger partial charge in [0.1, 0.15) is 0 Å². The highest BCUT2D eigenvalue weighted by molar-refractivity contribution is 7.10. The van der Waals surface area contributed by atoms with Gasteiger partial charge in [-0.1, -0.05) is 12.1 Å². The summed E-state index contributed by atoms with van der Waals surface area (Å²) in [6.07, 6.45) is 6.24. The van der Waals surface area contributed by atoms with E-state index in [0.717, 1.165) is 42.1 Å². The van der Waals surface area contributed by atoms with Crippen molar-refractivity contribution >= 4 is 40.6 Å². The van der Waals surface area contributed by atoms with Crippen LogP contribution in [0.4, 0.5) is 11.4 Å². The fourth-order valence-electron chi connectivity index (χ4n) is 2.96. The van der Waals surface area contributed by atoms with E-state index in [1.54, 1.807) is 17.4 Å². The summed E-state index contributed by atoms with van der Waals surface area (Å²) < 4.78 is 0. The van der Waals surface area contributed by atoms with Crippen molar-refractivity contribution in [2.75, 3.05) is 16.8 Å². The van der Waals surface area contributed by atoms with Gasteiger partial charge in [0.05, 0.1) is 0 Å². The molecule has 122 valence electrons. The average Bonchev–Trinajstić information content (AvgIpc) is 3.14. The molecule has 0 bridgehead atoms. The third-order valence-electron chi connectivity index (χ3n) is 4.38. The van der Waals surface area contributed by atoms with E-state index in [2.05, 4.69) is 5.32 Å². The first-order chi connectivity index (χ1) is 11.7. The number of nitrogens with zero attached hydrogens (tertiary/aromatic N) is 1. The van der Waals surface area contributed by atoms with Gasteiger partial charge in [0.2, 0.25) is 11.8 Å². The first kappa shape index (κ1) is 15.1. The van der Waals surface area contributed by atoms with E-state index in [9.17, 15) is 9.59 Å². The smallest absolute Gasteiger partial charge is 0.248 e. The molecule has 2 amide bonds. The molecule has 24 heavy (non-hydrogen) atoms. The molecule has 1 N–H and O–H groups in total. The summed E-state index contributed by atoms with van der Waals surface area (Å²) in [5.41, 5.74) is 2.85. The largest absolute Gasteiger partial charge is 0.322 e. The Balaban J connectivity index is 1.47. The minimum atomic E-state index is -0.165. The molecule has 1 fully saturated rings. The number of fused-ring (bicyclic) bond motifs is 1. The van der Waals surface area contributed by atoms with Crippen molar-refractivity contribution in [1.82, 2.24) is 0 Å². The maximum atomic E-state index is 12.4. The van der Waals surface area contributed by atoms with Crippen LogP contribution in [0.1, 0.15) is 23.3 Å². The maximum absolute atomic E-state index is 12.4. The normalized spacial score (nSPS) is 16.4. The Morgan fingerprint density at radius 2 is 2.12 bits per heavy atom. The minimum Gasteiger partial charge on any atom is -0.322 e. The number of rotatable bonds is 4. The Labute approximate surface area is 144 Å². The molecule has 5 heteroatoms. The summed E-state index contributed by atoms with van der Waals surface area (Å²) in [6, 6.07) is 9.74. The number of carbonyl (C=O) groups excluding carboxylic acids is 2. The molecular weight excluding hydrogens is 320 g/mol. The van der Waals surface area contributed by atoms with Crippen LogP contribution in [0.3, 0.4) is 0 Å². The first-order valence-corrected chi connectivity index (χ1v) is 9.05. The van der Waals surface area contributed by atoms with E-state index in [1.165, 1.54) is 11.6 Å². The van der Waals surface area contributed by atoms with Crippen LogP contribution in [0, 0.1) is 5.92 Å². The lowest BCUT2D eigenvalue weighted by Crippen LogP contribution is -2.30. The van der Waals surface area contributed by atoms with Gasteiger partial charge in [-0.2, -0.15) is 0 Å². The molecule has 1 aromatic heterocycles. The lowest BCUT2D eigenvalue weighted by Gasteiger charge is -2.17. The van der Waals surface area contributed by atoms with Gasteiger partial charge in [0, 0.05) is 34.8 Å². The van der Waals surface area contributed by atoms with Gasteiger partial charge >= 0.3 is 0 Å². The fourth-order valence-corrected chi connectivity index (χ4v) is 3.58. The van der Waals surface area contributed by atoms with Crippen molar-refractivity contribution in [2.24, 2.45) is 5.92 Å². The monoisotopic (exact) mass is 338 g/mol. The van der Waals surface area contributed by atoms with Crippen molar-refractivity contribution in [3.63, 3.8) is 0 Å². The molecule has 0 atom stereocenters. The highest BCUT2D eigenvalue weighted by Gasteiger charge is 2.36. The topological polar surface area (TPSA) is 49.4 Å². The van der Waals surface area contributed by atoms with Crippen molar-refractivity contribution in [1.29, 1.82) is 0 Å². The minimum absolute atomic E-state index is 0.165. The second kappa shape index (κ2) is 6.24. The third kappa shape index (κ3) is 3.12. The van der Waals surface area contributed by atoms with Gasteiger partial charge in [-0.25, -0.2) is 0 Å². The third-order valence-corrected chi connectivity index (χ3v) is 5.22. The summed E-state index contributed by atoms with van der Waals surface area (Å²) in [4.78, 5) is 27.4. The number of hydrogen-bond donors (Lipinski definition) is 1. The molecule has 0 radical (unpaired) electrons. The molecule has 1 aromatic carbocycles. The van der Waals surface area contributed by atoms with Crippen molar-refractivity contribution in [3.8, 4) is 0 Å². The van der Waals surface area contributed by atoms with Crippen LogP contribution in [0.25, 0.3) is 6.08 Å². The SMILES string of the molecule is O=C(/C=C/c1cccs1)Nc1ccc2c(c1)N(C(=O)C1CC1)CC2. The fraction of sp³-hybridized carbons (Fsp3) is 0.263. The molecule has 1 aliphatic carbocycles. The molecule has 2 aliphatic rings. The van der Waals surface area contributed by atoms with Crippen LogP contribution in [0.15, 0.2) is 41.8 Å². The molecular formula is C19H18N2O2S. The Morgan fingerprint density at radius 1 is 1.25 bits per heavy atom. The molecule has 2 aromatic rings. The van der Waals surface area contributed by atoms with Crippen molar-refractivity contribution in [2.45, 2.75) is 19.3 Å². The number of nitrogens with one attached hydrogen (secondary N) is 1. The van der Waals surface area contributed by atoms with Crippen LogP contribution in [-0.2, 0) is 16.0 Å². The van der Waals surface area contributed by atoms with E-state index >= 15 is 0 Å². The highest BCUT2D eigenvalue weighted by Crippen LogP contribution is 2.37. The Kier molecular flexibility index (Phi) is 3.94. The molecule has 4 nitrogen and oxygen atoms in total. The molecule has 4 rings (SSSR count). The van der Waals surface area contributed by atoms with Gasteiger partial charge < -0.3 is 10.2 Å².